The minimum absolute atomic E-state index is 0.160. The van der Waals surface area contributed by atoms with Crippen molar-refractivity contribution in [2.24, 2.45) is 0 Å². The Kier molecular flexibility index (Phi) is 4.09. The number of nitrogens with zero attached hydrogens (tertiary/aromatic N) is 2. The molecule has 0 saturated carbocycles. The van der Waals surface area contributed by atoms with Crippen molar-refractivity contribution in [1.82, 2.24) is 21.2 Å². The van der Waals surface area contributed by atoms with Crippen LogP contribution in [0.5, 0.6) is 0 Å². The third-order valence-corrected chi connectivity index (χ3v) is 3.26. The van der Waals surface area contributed by atoms with Crippen LogP contribution in [0.1, 0.15) is 26.3 Å². The average molecular weight is 350 g/mol. The van der Waals surface area contributed by atoms with E-state index in [1.54, 1.807) is 0 Å². The van der Waals surface area contributed by atoms with Crippen molar-refractivity contribution in [3.05, 3.63) is 59.2 Å². The summed E-state index contributed by atoms with van der Waals surface area (Å²) in [6.45, 7) is 0. The van der Waals surface area contributed by atoms with Gasteiger partial charge in [-0.25, -0.2) is 4.63 Å². The van der Waals surface area contributed by atoms with Gasteiger partial charge in [0, 0.05) is 11.1 Å². The molecule has 0 bridgehead atoms. The van der Waals surface area contributed by atoms with Gasteiger partial charge in [0.15, 0.2) is 0 Å². The monoisotopic (exact) mass is 350 g/mol. The van der Waals surface area contributed by atoms with Gasteiger partial charge < -0.3 is 0 Å². The van der Waals surface area contributed by atoms with Crippen LogP contribution in [-0.2, 0) is 6.18 Å². The van der Waals surface area contributed by atoms with Crippen LogP contribution < -0.4 is 10.9 Å². The van der Waals surface area contributed by atoms with Gasteiger partial charge in [0.2, 0.25) is 0 Å². The van der Waals surface area contributed by atoms with Crippen molar-refractivity contribution >= 4 is 22.8 Å². The quantitative estimate of drug-likeness (QED) is 0.692. The number of carbonyl (C=O) groups is 2. The normalized spacial score (nSPS) is 11.3. The second kappa shape index (κ2) is 6.23. The smallest absolute Gasteiger partial charge is 0.267 e. The fourth-order valence-electron chi connectivity index (χ4n) is 2.02. The summed E-state index contributed by atoms with van der Waals surface area (Å²) in [5.41, 5.74) is 3.91. The van der Waals surface area contributed by atoms with E-state index < -0.39 is 23.6 Å². The molecule has 25 heavy (non-hydrogen) atoms. The highest BCUT2D eigenvalue weighted by Crippen LogP contribution is 2.29. The molecule has 0 saturated heterocycles. The van der Waals surface area contributed by atoms with Gasteiger partial charge in [-0.3, -0.25) is 20.4 Å². The highest BCUT2D eigenvalue weighted by Gasteiger charge is 2.30. The highest BCUT2D eigenvalue weighted by atomic mass is 19.4. The van der Waals surface area contributed by atoms with E-state index in [0.717, 1.165) is 12.1 Å². The average Bonchev–Trinajstić information content (AvgIpc) is 3.06. The summed E-state index contributed by atoms with van der Waals surface area (Å²) < 4.78 is 42.4. The Labute approximate surface area is 137 Å². The van der Waals surface area contributed by atoms with E-state index in [1.165, 1.54) is 24.3 Å². The lowest BCUT2D eigenvalue weighted by molar-refractivity contribution is -0.137. The number of nitrogens with one attached hydrogen (secondary N) is 2. The molecule has 0 radical (unpaired) electrons. The van der Waals surface area contributed by atoms with Crippen molar-refractivity contribution in [1.29, 1.82) is 0 Å². The van der Waals surface area contributed by atoms with E-state index in [-0.39, 0.29) is 11.1 Å². The molecule has 1 aromatic heterocycles. The standard InChI is InChI=1S/C15H9F3N4O3/c16-15(17,18)10-3-1-2-8(6-10)13(23)19-20-14(24)9-4-5-11-12(7-9)22-25-21-11/h1-7H,(H,19,23)(H,20,24). The van der Waals surface area contributed by atoms with Gasteiger partial charge >= 0.3 is 6.18 Å². The molecule has 0 fully saturated rings. The fraction of sp³-hybridized carbons (Fsp3) is 0.0667. The van der Waals surface area contributed by atoms with E-state index in [1.807, 2.05) is 0 Å². The number of hydrogen-bond donors (Lipinski definition) is 2. The molecule has 0 aliphatic rings. The molecule has 128 valence electrons. The van der Waals surface area contributed by atoms with Crippen LogP contribution in [0.3, 0.4) is 0 Å². The SMILES string of the molecule is O=C(NNC(=O)c1ccc2nonc2c1)c1cccc(C(F)(F)F)c1. The van der Waals surface area contributed by atoms with Crippen molar-refractivity contribution < 1.29 is 27.4 Å². The molecule has 0 unspecified atom stereocenters. The first-order valence-electron chi connectivity index (χ1n) is 6.85. The summed E-state index contributed by atoms with van der Waals surface area (Å²) in [4.78, 5) is 23.9. The van der Waals surface area contributed by atoms with Crippen LogP contribution in [0.15, 0.2) is 47.1 Å². The molecule has 3 aromatic rings. The van der Waals surface area contributed by atoms with Gasteiger partial charge in [-0.1, -0.05) is 6.07 Å². The van der Waals surface area contributed by atoms with E-state index in [4.69, 9.17) is 0 Å². The van der Waals surface area contributed by atoms with Crippen LogP contribution in [0.2, 0.25) is 0 Å². The maximum atomic E-state index is 12.6. The predicted molar refractivity (Wildman–Crippen MR) is 78.2 cm³/mol. The summed E-state index contributed by atoms with van der Waals surface area (Å²) in [6, 6.07) is 8.14. The topological polar surface area (TPSA) is 97.1 Å². The van der Waals surface area contributed by atoms with Crippen LogP contribution in [0.4, 0.5) is 13.2 Å². The summed E-state index contributed by atoms with van der Waals surface area (Å²) in [6.07, 6.45) is -4.57. The van der Waals surface area contributed by atoms with Crippen molar-refractivity contribution in [3.63, 3.8) is 0 Å². The van der Waals surface area contributed by atoms with Gasteiger partial charge in [0.25, 0.3) is 11.8 Å². The number of hydrazine groups is 1. The first-order chi connectivity index (χ1) is 11.8. The van der Waals surface area contributed by atoms with Crippen LogP contribution in [-0.4, -0.2) is 22.1 Å². The number of fused-ring (bicyclic) bond motifs is 1. The van der Waals surface area contributed by atoms with Gasteiger partial charge in [-0.2, -0.15) is 13.2 Å². The maximum Gasteiger partial charge on any atom is 0.416 e. The molecule has 0 aliphatic heterocycles. The number of rotatable bonds is 2. The third-order valence-electron chi connectivity index (χ3n) is 3.26. The molecule has 0 aliphatic carbocycles. The third kappa shape index (κ3) is 3.57. The molecule has 2 aromatic carbocycles. The summed E-state index contributed by atoms with van der Waals surface area (Å²) in [5.74, 6) is -1.56. The van der Waals surface area contributed by atoms with Crippen LogP contribution in [0.25, 0.3) is 11.0 Å². The predicted octanol–water partition coefficient (Wildman–Crippen LogP) is 2.32. The van der Waals surface area contributed by atoms with Gasteiger partial charge in [-0.05, 0) is 46.7 Å². The molecule has 3 rings (SSSR count). The molecule has 0 spiro atoms. The zero-order valence-electron chi connectivity index (χ0n) is 12.3. The van der Waals surface area contributed by atoms with Crippen molar-refractivity contribution in [2.45, 2.75) is 6.18 Å². The minimum atomic E-state index is -4.57. The molecule has 2 N–H and O–H groups in total. The Hall–Kier alpha value is -3.43. The summed E-state index contributed by atoms with van der Waals surface area (Å²) >= 11 is 0. The second-order valence-corrected chi connectivity index (χ2v) is 4.95. The molecule has 7 nitrogen and oxygen atoms in total. The maximum absolute atomic E-state index is 12.6. The zero-order chi connectivity index (χ0) is 18.0. The summed E-state index contributed by atoms with van der Waals surface area (Å²) in [5, 5.41) is 7.16. The number of carbonyl (C=O) groups excluding carboxylic acids is 2. The van der Waals surface area contributed by atoms with Gasteiger partial charge in [0.1, 0.15) is 11.0 Å². The Morgan fingerprint density at radius 2 is 1.52 bits per heavy atom. The number of hydrogen-bond acceptors (Lipinski definition) is 5. The lowest BCUT2D eigenvalue weighted by Crippen LogP contribution is -2.41. The number of amides is 2. The van der Waals surface area contributed by atoms with E-state index >= 15 is 0 Å². The Morgan fingerprint density at radius 3 is 2.20 bits per heavy atom. The zero-order valence-corrected chi connectivity index (χ0v) is 12.3. The molecule has 0 atom stereocenters. The van der Waals surface area contributed by atoms with Gasteiger partial charge in [0.05, 0.1) is 5.56 Å². The van der Waals surface area contributed by atoms with E-state index in [2.05, 4.69) is 25.8 Å². The lowest BCUT2D eigenvalue weighted by atomic mass is 10.1. The number of benzene rings is 2. The highest BCUT2D eigenvalue weighted by molar-refractivity contribution is 6.00. The first kappa shape index (κ1) is 16.4. The van der Waals surface area contributed by atoms with Crippen molar-refractivity contribution in [2.75, 3.05) is 0 Å². The molecular weight excluding hydrogens is 341 g/mol. The Bertz CT molecular complexity index is 952. The molecular formula is C15H9F3N4O3. The molecule has 2 amide bonds. The van der Waals surface area contributed by atoms with Crippen LogP contribution in [0, 0.1) is 0 Å². The Balaban J connectivity index is 1.68. The van der Waals surface area contributed by atoms with Crippen LogP contribution >= 0.6 is 0 Å². The Morgan fingerprint density at radius 1 is 0.880 bits per heavy atom. The largest absolute Gasteiger partial charge is 0.416 e. The molecule has 10 heteroatoms. The fourth-order valence-corrected chi connectivity index (χ4v) is 2.02. The van der Waals surface area contributed by atoms with Crippen molar-refractivity contribution in [3.8, 4) is 0 Å². The summed E-state index contributed by atoms with van der Waals surface area (Å²) in [7, 11) is 0. The molecule has 1 heterocycles. The lowest BCUT2D eigenvalue weighted by Gasteiger charge is -2.10. The first-order valence-corrected chi connectivity index (χ1v) is 6.85. The van der Waals surface area contributed by atoms with E-state index in [9.17, 15) is 22.8 Å². The number of alkyl halides is 3. The number of aromatic nitrogens is 2. The number of halogens is 3. The van der Waals surface area contributed by atoms with Gasteiger partial charge in [-0.15, -0.1) is 0 Å². The minimum Gasteiger partial charge on any atom is -0.267 e. The second-order valence-electron chi connectivity index (χ2n) is 4.95. The van der Waals surface area contributed by atoms with E-state index in [0.29, 0.717) is 17.1 Å².